The van der Waals surface area contributed by atoms with Crippen LogP contribution in [0.1, 0.15) is 26.3 Å². The molecule has 0 atom stereocenters. The molecule has 1 aromatic rings. The highest BCUT2D eigenvalue weighted by molar-refractivity contribution is 5.09. The molecule has 0 fully saturated rings. The summed E-state index contributed by atoms with van der Waals surface area (Å²) in [5.41, 5.74) is 1.22. The fourth-order valence-electron chi connectivity index (χ4n) is 1.38. The van der Waals surface area contributed by atoms with E-state index < -0.39 is 0 Å². The summed E-state index contributed by atoms with van der Waals surface area (Å²) in [7, 11) is 1.70. The first-order valence-electron chi connectivity index (χ1n) is 6.22. The van der Waals surface area contributed by atoms with E-state index in [-0.39, 0.29) is 5.41 Å². The number of methoxy groups -OCH3 is 1. The highest BCUT2D eigenvalue weighted by Crippen LogP contribution is 2.09. The Kier molecular flexibility index (Phi) is 5.90. The van der Waals surface area contributed by atoms with Gasteiger partial charge in [0.25, 0.3) is 0 Å². The summed E-state index contributed by atoms with van der Waals surface area (Å²) in [4.78, 5) is 0. The van der Waals surface area contributed by atoms with Gasteiger partial charge in [-0.3, -0.25) is 4.68 Å². The van der Waals surface area contributed by atoms with Crippen molar-refractivity contribution >= 4 is 0 Å². The zero-order chi connectivity index (χ0) is 13.4. The quantitative estimate of drug-likeness (QED) is 0.616. The fourth-order valence-corrected chi connectivity index (χ4v) is 1.38. The van der Waals surface area contributed by atoms with Crippen molar-refractivity contribution in [1.29, 1.82) is 0 Å². The Labute approximate surface area is 110 Å². The number of hydrogen-bond donors (Lipinski definition) is 1. The second-order valence-corrected chi connectivity index (χ2v) is 5.27. The molecule has 18 heavy (non-hydrogen) atoms. The Morgan fingerprint density at radius 1 is 1.44 bits per heavy atom. The van der Waals surface area contributed by atoms with Crippen molar-refractivity contribution in [3.63, 3.8) is 0 Å². The minimum atomic E-state index is 0.0533. The van der Waals surface area contributed by atoms with Crippen molar-refractivity contribution in [2.75, 3.05) is 20.3 Å². The molecule has 0 saturated carbocycles. The monoisotopic (exact) mass is 249 g/mol. The Bertz CT molecular complexity index is 407. The maximum atomic E-state index is 4.97. The highest BCUT2D eigenvalue weighted by Gasteiger charge is 2.03. The van der Waals surface area contributed by atoms with Gasteiger partial charge in [0.15, 0.2) is 0 Å². The molecule has 4 heteroatoms. The SMILES string of the molecule is COCCNCc1cnn(CC#CC(C)(C)C)c1. The van der Waals surface area contributed by atoms with Crippen LogP contribution in [-0.4, -0.2) is 30.0 Å². The van der Waals surface area contributed by atoms with Crippen LogP contribution in [0, 0.1) is 17.3 Å². The van der Waals surface area contributed by atoms with Crippen molar-refractivity contribution in [3.05, 3.63) is 18.0 Å². The molecule has 0 aliphatic rings. The lowest BCUT2D eigenvalue weighted by molar-refractivity contribution is 0.199. The summed E-state index contributed by atoms with van der Waals surface area (Å²) in [5.74, 6) is 6.34. The Hall–Kier alpha value is -1.31. The van der Waals surface area contributed by atoms with E-state index in [4.69, 9.17) is 4.74 Å². The summed E-state index contributed by atoms with van der Waals surface area (Å²) in [6.45, 7) is 9.36. The van der Waals surface area contributed by atoms with Crippen LogP contribution in [0.15, 0.2) is 12.4 Å². The van der Waals surface area contributed by atoms with Crippen molar-refractivity contribution in [3.8, 4) is 11.8 Å². The topological polar surface area (TPSA) is 39.1 Å². The van der Waals surface area contributed by atoms with E-state index in [0.29, 0.717) is 6.54 Å². The Morgan fingerprint density at radius 3 is 2.89 bits per heavy atom. The fraction of sp³-hybridized carbons (Fsp3) is 0.643. The highest BCUT2D eigenvalue weighted by atomic mass is 16.5. The molecule has 4 nitrogen and oxygen atoms in total. The molecule has 1 heterocycles. The predicted molar refractivity (Wildman–Crippen MR) is 73.0 cm³/mol. The third-order valence-corrected chi connectivity index (χ3v) is 2.20. The molecule has 0 radical (unpaired) electrons. The van der Waals surface area contributed by atoms with Crippen molar-refractivity contribution in [2.24, 2.45) is 5.41 Å². The van der Waals surface area contributed by atoms with Crippen LogP contribution < -0.4 is 5.32 Å². The molecule has 0 aliphatic heterocycles. The van der Waals surface area contributed by atoms with Crippen molar-refractivity contribution < 1.29 is 4.74 Å². The lowest BCUT2D eigenvalue weighted by atomic mass is 9.98. The van der Waals surface area contributed by atoms with Gasteiger partial charge in [-0.15, -0.1) is 0 Å². The normalized spacial score (nSPS) is 11.1. The van der Waals surface area contributed by atoms with Gasteiger partial charge < -0.3 is 10.1 Å². The third-order valence-electron chi connectivity index (χ3n) is 2.20. The predicted octanol–water partition coefficient (Wildman–Crippen LogP) is 1.67. The van der Waals surface area contributed by atoms with Gasteiger partial charge in [0.05, 0.1) is 12.8 Å². The molecule has 1 rings (SSSR count). The van der Waals surface area contributed by atoms with Crippen LogP contribution in [0.2, 0.25) is 0 Å². The summed E-state index contributed by atoms with van der Waals surface area (Å²) in [6.07, 6.45) is 3.90. The molecule has 0 spiro atoms. The van der Waals surface area contributed by atoms with Crippen molar-refractivity contribution in [1.82, 2.24) is 15.1 Å². The second-order valence-electron chi connectivity index (χ2n) is 5.27. The molecule has 1 aromatic heterocycles. The summed E-state index contributed by atoms with van der Waals surface area (Å²) in [6, 6.07) is 0. The Balaban J connectivity index is 2.36. The van der Waals surface area contributed by atoms with Gasteiger partial charge in [-0.25, -0.2) is 0 Å². The van der Waals surface area contributed by atoms with Crippen LogP contribution in [0.3, 0.4) is 0 Å². The molecule has 0 aromatic carbocycles. The number of ether oxygens (including phenoxy) is 1. The first-order chi connectivity index (χ1) is 8.51. The van der Waals surface area contributed by atoms with Crippen LogP contribution in [0.5, 0.6) is 0 Å². The smallest absolute Gasteiger partial charge is 0.102 e. The summed E-state index contributed by atoms with van der Waals surface area (Å²) >= 11 is 0. The lowest BCUT2D eigenvalue weighted by Gasteiger charge is -2.06. The molecule has 1 N–H and O–H groups in total. The summed E-state index contributed by atoms with van der Waals surface area (Å²) in [5, 5.41) is 7.56. The number of rotatable bonds is 6. The van der Waals surface area contributed by atoms with E-state index in [1.54, 1.807) is 7.11 Å². The van der Waals surface area contributed by atoms with Gasteiger partial charge in [-0.2, -0.15) is 5.10 Å². The minimum Gasteiger partial charge on any atom is -0.383 e. The van der Waals surface area contributed by atoms with Gasteiger partial charge in [-0.05, 0) is 20.8 Å². The van der Waals surface area contributed by atoms with Crippen LogP contribution >= 0.6 is 0 Å². The first kappa shape index (κ1) is 14.7. The molecular weight excluding hydrogens is 226 g/mol. The lowest BCUT2D eigenvalue weighted by Crippen LogP contribution is -2.18. The minimum absolute atomic E-state index is 0.0533. The Morgan fingerprint density at radius 2 is 2.22 bits per heavy atom. The molecule has 0 bridgehead atoms. The van der Waals surface area contributed by atoms with Crippen molar-refractivity contribution in [2.45, 2.75) is 33.9 Å². The molecule has 0 amide bonds. The van der Waals surface area contributed by atoms with Gasteiger partial charge >= 0.3 is 0 Å². The van der Waals surface area contributed by atoms with E-state index in [0.717, 1.165) is 19.7 Å². The largest absolute Gasteiger partial charge is 0.383 e. The average molecular weight is 249 g/mol. The number of nitrogens with zero attached hydrogens (tertiary/aromatic N) is 2. The van der Waals surface area contributed by atoms with Gasteiger partial charge in [-0.1, -0.05) is 11.8 Å². The van der Waals surface area contributed by atoms with E-state index in [2.05, 4.69) is 43.0 Å². The molecule has 0 saturated heterocycles. The zero-order valence-electron chi connectivity index (χ0n) is 11.8. The number of hydrogen-bond acceptors (Lipinski definition) is 3. The maximum Gasteiger partial charge on any atom is 0.102 e. The van der Waals surface area contributed by atoms with Gasteiger partial charge in [0.2, 0.25) is 0 Å². The second kappa shape index (κ2) is 7.20. The number of nitrogens with one attached hydrogen (secondary N) is 1. The van der Waals surface area contributed by atoms with Gasteiger partial charge in [0.1, 0.15) is 6.54 Å². The zero-order valence-corrected chi connectivity index (χ0v) is 11.8. The van der Waals surface area contributed by atoms with E-state index in [1.807, 2.05) is 17.1 Å². The molecule has 100 valence electrons. The average Bonchev–Trinajstić information content (AvgIpc) is 2.71. The van der Waals surface area contributed by atoms with Gasteiger partial charge in [0, 0.05) is 37.4 Å². The molecule has 0 aliphatic carbocycles. The number of aromatic nitrogens is 2. The molecule has 0 unspecified atom stereocenters. The summed E-state index contributed by atoms with van der Waals surface area (Å²) < 4.78 is 6.84. The van der Waals surface area contributed by atoms with Crippen LogP contribution in [-0.2, 0) is 17.8 Å². The maximum absolute atomic E-state index is 4.97. The first-order valence-corrected chi connectivity index (χ1v) is 6.22. The third kappa shape index (κ3) is 6.43. The van der Waals surface area contributed by atoms with E-state index in [9.17, 15) is 0 Å². The molecular formula is C14H23N3O. The standard InChI is InChI=1S/C14H23N3O/c1-14(2,3)6-5-8-17-12-13(11-16-17)10-15-7-9-18-4/h11-12,15H,7-10H2,1-4H3. The van der Waals surface area contributed by atoms with Crippen LogP contribution in [0.25, 0.3) is 0 Å². The van der Waals surface area contributed by atoms with E-state index >= 15 is 0 Å². The van der Waals surface area contributed by atoms with E-state index in [1.165, 1.54) is 5.56 Å². The van der Waals surface area contributed by atoms with Crippen LogP contribution in [0.4, 0.5) is 0 Å².